The van der Waals surface area contributed by atoms with E-state index in [0.29, 0.717) is 39.4 Å². The predicted molar refractivity (Wildman–Crippen MR) is 95.2 cm³/mol. The number of primary amides is 1. The number of piperidine rings is 1. The van der Waals surface area contributed by atoms with Gasteiger partial charge in [-0.2, -0.15) is 0 Å². The van der Waals surface area contributed by atoms with Crippen molar-refractivity contribution in [3.63, 3.8) is 0 Å². The van der Waals surface area contributed by atoms with Crippen LogP contribution in [-0.2, 0) is 4.74 Å². The number of hydrogen-bond acceptors (Lipinski definition) is 3. The largest absolute Gasteiger partial charge is 0.378 e. The van der Waals surface area contributed by atoms with Gasteiger partial charge in [-0.15, -0.1) is 0 Å². The van der Waals surface area contributed by atoms with E-state index in [2.05, 4.69) is 6.92 Å². The molecule has 7 nitrogen and oxygen atoms in total. The summed E-state index contributed by atoms with van der Waals surface area (Å²) in [5.74, 6) is 0.749. The van der Waals surface area contributed by atoms with Gasteiger partial charge in [0.15, 0.2) is 0 Å². The van der Waals surface area contributed by atoms with Crippen LogP contribution in [0.4, 0.5) is 9.59 Å². The molecular formula is C18H32N4O3. The molecule has 3 aliphatic rings. The first kappa shape index (κ1) is 18.3. The molecule has 2 aliphatic heterocycles. The average molecular weight is 352 g/mol. The molecule has 0 aromatic heterocycles. The third-order valence-electron chi connectivity index (χ3n) is 6.04. The van der Waals surface area contributed by atoms with Crippen LogP contribution in [0, 0.1) is 5.92 Å². The first-order valence-electron chi connectivity index (χ1n) is 9.75. The zero-order valence-corrected chi connectivity index (χ0v) is 15.4. The summed E-state index contributed by atoms with van der Waals surface area (Å²) in [5, 5.41) is 0. The fourth-order valence-electron chi connectivity index (χ4n) is 4.47. The summed E-state index contributed by atoms with van der Waals surface area (Å²) in [6, 6.07) is 0.265. The molecule has 2 saturated heterocycles. The van der Waals surface area contributed by atoms with Gasteiger partial charge in [0.05, 0.1) is 13.2 Å². The molecule has 142 valence electrons. The molecule has 0 atom stereocenters. The van der Waals surface area contributed by atoms with Crippen LogP contribution in [0.5, 0.6) is 0 Å². The van der Waals surface area contributed by atoms with Gasteiger partial charge >= 0.3 is 12.1 Å². The van der Waals surface area contributed by atoms with Gasteiger partial charge in [-0.05, 0) is 44.4 Å². The summed E-state index contributed by atoms with van der Waals surface area (Å²) in [7, 11) is 0. The van der Waals surface area contributed by atoms with E-state index in [0.717, 1.165) is 31.6 Å². The summed E-state index contributed by atoms with van der Waals surface area (Å²) in [4.78, 5) is 30.4. The zero-order valence-electron chi connectivity index (χ0n) is 15.4. The molecule has 25 heavy (non-hydrogen) atoms. The van der Waals surface area contributed by atoms with Gasteiger partial charge in [0, 0.05) is 38.3 Å². The third kappa shape index (κ3) is 4.37. The Morgan fingerprint density at radius 2 is 1.40 bits per heavy atom. The van der Waals surface area contributed by atoms with Crippen LogP contribution in [0.25, 0.3) is 0 Å². The van der Waals surface area contributed by atoms with Crippen molar-refractivity contribution in [3.8, 4) is 0 Å². The zero-order chi connectivity index (χ0) is 17.8. The molecule has 3 fully saturated rings. The number of amides is 4. The van der Waals surface area contributed by atoms with Crippen LogP contribution in [0.2, 0.25) is 0 Å². The number of carbonyl (C=O) groups is 2. The number of likely N-dealkylation sites (tertiary alicyclic amines) is 1. The van der Waals surface area contributed by atoms with E-state index in [1.165, 1.54) is 12.8 Å². The fourth-order valence-corrected chi connectivity index (χ4v) is 4.47. The molecule has 1 saturated carbocycles. The van der Waals surface area contributed by atoms with E-state index in [4.69, 9.17) is 10.5 Å². The van der Waals surface area contributed by atoms with Crippen molar-refractivity contribution in [2.75, 3.05) is 39.4 Å². The smallest absolute Gasteiger partial charge is 0.320 e. The van der Waals surface area contributed by atoms with Gasteiger partial charge in [-0.3, -0.25) is 0 Å². The maximum atomic E-state index is 12.6. The van der Waals surface area contributed by atoms with Gasteiger partial charge in [-0.25, -0.2) is 9.59 Å². The first-order valence-corrected chi connectivity index (χ1v) is 9.75. The molecule has 3 rings (SSSR count). The Bertz CT molecular complexity index is 465. The second kappa shape index (κ2) is 8.25. The van der Waals surface area contributed by atoms with Gasteiger partial charge in [0.25, 0.3) is 0 Å². The highest BCUT2D eigenvalue weighted by Crippen LogP contribution is 2.30. The predicted octanol–water partition coefficient (Wildman–Crippen LogP) is 1.86. The van der Waals surface area contributed by atoms with Crippen molar-refractivity contribution in [2.45, 2.75) is 57.5 Å². The van der Waals surface area contributed by atoms with E-state index in [-0.39, 0.29) is 24.1 Å². The number of hydrogen-bond donors (Lipinski definition) is 1. The minimum Gasteiger partial charge on any atom is -0.378 e. The van der Waals surface area contributed by atoms with Gasteiger partial charge in [0.1, 0.15) is 0 Å². The molecule has 0 radical (unpaired) electrons. The van der Waals surface area contributed by atoms with E-state index in [9.17, 15) is 9.59 Å². The molecule has 0 unspecified atom stereocenters. The van der Waals surface area contributed by atoms with Crippen molar-refractivity contribution in [3.05, 3.63) is 0 Å². The molecule has 0 aromatic carbocycles. The molecule has 1 aliphatic carbocycles. The summed E-state index contributed by atoms with van der Waals surface area (Å²) in [6.45, 7) is 6.27. The second-order valence-corrected chi connectivity index (χ2v) is 7.76. The Morgan fingerprint density at radius 1 is 0.880 bits per heavy atom. The Hall–Kier alpha value is -1.50. The summed E-state index contributed by atoms with van der Waals surface area (Å²) in [5.41, 5.74) is 5.73. The molecule has 2 N–H and O–H groups in total. The lowest BCUT2D eigenvalue weighted by molar-refractivity contribution is 0.0360. The summed E-state index contributed by atoms with van der Waals surface area (Å²) < 4.78 is 5.32. The summed E-state index contributed by atoms with van der Waals surface area (Å²) >= 11 is 0. The van der Waals surface area contributed by atoms with Crippen molar-refractivity contribution >= 4 is 12.1 Å². The highest BCUT2D eigenvalue weighted by atomic mass is 16.5. The lowest BCUT2D eigenvalue weighted by atomic mass is 9.85. The van der Waals surface area contributed by atoms with Crippen molar-refractivity contribution < 1.29 is 14.3 Å². The molecule has 0 spiro atoms. The Balaban J connectivity index is 1.54. The number of urea groups is 2. The van der Waals surface area contributed by atoms with Gasteiger partial charge in [-0.1, -0.05) is 6.92 Å². The maximum absolute atomic E-state index is 12.6. The van der Waals surface area contributed by atoms with Crippen LogP contribution in [0.3, 0.4) is 0 Å². The lowest BCUT2D eigenvalue weighted by Crippen LogP contribution is -2.56. The topological polar surface area (TPSA) is 79.1 Å². The number of rotatable bonds is 2. The number of carbonyl (C=O) groups excluding carboxylic acids is 2. The van der Waals surface area contributed by atoms with Gasteiger partial charge in [0.2, 0.25) is 0 Å². The Morgan fingerprint density at radius 3 is 1.96 bits per heavy atom. The molecule has 2 heterocycles. The molecule has 7 heteroatoms. The lowest BCUT2D eigenvalue weighted by Gasteiger charge is -2.44. The second-order valence-electron chi connectivity index (χ2n) is 7.76. The number of morpholine rings is 1. The Kier molecular flexibility index (Phi) is 6.04. The minimum absolute atomic E-state index is 0.110. The number of nitrogens with zero attached hydrogens (tertiary/aromatic N) is 3. The van der Waals surface area contributed by atoms with Crippen molar-refractivity contribution in [2.24, 2.45) is 11.7 Å². The SMILES string of the molecule is CC1CCC(N(C(N)=O)C2CCN(C(=O)N3CCOCC3)CC2)CC1. The van der Waals surface area contributed by atoms with Crippen LogP contribution in [-0.4, -0.2) is 78.2 Å². The molecule has 0 bridgehead atoms. The van der Waals surface area contributed by atoms with Crippen molar-refractivity contribution in [1.29, 1.82) is 0 Å². The first-order chi connectivity index (χ1) is 12.1. The van der Waals surface area contributed by atoms with Crippen LogP contribution in [0.15, 0.2) is 0 Å². The van der Waals surface area contributed by atoms with E-state index < -0.39 is 0 Å². The molecular weight excluding hydrogens is 320 g/mol. The van der Waals surface area contributed by atoms with Crippen LogP contribution >= 0.6 is 0 Å². The van der Waals surface area contributed by atoms with Gasteiger partial charge < -0.3 is 25.2 Å². The number of nitrogens with two attached hydrogens (primary N) is 1. The quantitative estimate of drug-likeness (QED) is 0.824. The average Bonchev–Trinajstić information content (AvgIpc) is 2.64. The highest BCUT2D eigenvalue weighted by Gasteiger charge is 2.35. The van der Waals surface area contributed by atoms with E-state index in [1.54, 1.807) is 0 Å². The summed E-state index contributed by atoms with van der Waals surface area (Å²) in [6.07, 6.45) is 6.09. The van der Waals surface area contributed by atoms with Crippen molar-refractivity contribution in [1.82, 2.24) is 14.7 Å². The van der Waals surface area contributed by atoms with Crippen LogP contribution in [0.1, 0.15) is 45.4 Å². The van der Waals surface area contributed by atoms with Crippen LogP contribution < -0.4 is 5.73 Å². The standard InChI is InChI=1S/C18H32N4O3/c1-14-2-4-15(5-3-14)22(17(19)23)16-6-8-20(9-7-16)18(24)21-10-12-25-13-11-21/h14-16H,2-13H2,1H3,(H2,19,23). The fraction of sp³-hybridized carbons (Fsp3) is 0.889. The number of ether oxygens (including phenoxy) is 1. The third-order valence-corrected chi connectivity index (χ3v) is 6.04. The Labute approximate surface area is 150 Å². The van der Waals surface area contributed by atoms with E-state index >= 15 is 0 Å². The maximum Gasteiger partial charge on any atom is 0.320 e. The molecule has 0 aromatic rings. The molecule has 4 amide bonds. The normalized spacial score (nSPS) is 28.7. The monoisotopic (exact) mass is 352 g/mol. The highest BCUT2D eigenvalue weighted by molar-refractivity contribution is 5.75. The minimum atomic E-state index is -0.294. The van der Waals surface area contributed by atoms with E-state index in [1.807, 2.05) is 14.7 Å².